The summed E-state index contributed by atoms with van der Waals surface area (Å²) in [6.45, 7) is 3.03. The van der Waals surface area contributed by atoms with Crippen LogP contribution in [0, 0.1) is 0 Å². The lowest BCUT2D eigenvalue weighted by molar-refractivity contribution is 0.105. The van der Waals surface area contributed by atoms with Gasteiger partial charge in [-0.05, 0) is 28.8 Å². The fourth-order valence-electron chi connectivity index (χ4n) is 2.83. The number of aliphatic hydroxyl groups excluding tert-OH is 2. The molecule has 0 aliphatic carbocycles. The van der Waals surface area contributed by atoms with E-state index < -0.39 is 6.10 Å². The number of rotatable bonds is 6. The monoisotopic (exact) mass is 298 g/mol. The first-order chi connectivity index (χ1) is 10.7. The summed E-state index contributed by atoms with van der Waals surface area (Å²) in [5.74, 6) is 0. The summed E-state index contributed by atoms with van der Waals surface area (Å²) < 4.78 is 0. The molecule has 3 N–H and O–H groups in total. The number of aliphatic hydroxyl groups is 2. The summed E-state index contributed by atoms with van der Waals surface area (Å²) in [7, 11) is 0. The molecule has 0 fully saturated rings. The summed E-state index contributed by atoms with van der Waals surface area (Å²) in [5, 5.41) is 21.4. The average molecular weight is 298 g/mol. The summed E-state index contributed by atoms with van der Waals surface area (Å²) in [5.41, 5.74) is 5.02. The van der Waals surface area contributed by atoms with Crippen molar-refractivity contribution in [3.05, 3.63) is 65.2 Å². The maximum absolute atomic E-state index is 9.40. The molecule has 1 aliphatic heterocycles. The Morgan fingerprint density at radius 1 is 1.05 bits per heavy atom. The standard InChI is InChI=1S/C18H22N2O2/c21-13-18(22)9-19-17-7-6-15-11-20(12-16(15)8-17)10-14-4-2-1-3-5-14/h1-8,18-19,21-22H,9-13H2. The van der Waals surface area contributed by atoms with E-state index in [1.54, 1.807) is 0 Å². The molecule has 3 rings (SSSR count). The van der Waals surface area contributed by atoms with E-state index in [0.29, 0.717) is 6.54 Å². The molecular weight excluding hydrogens is 276 g/mol. The van der Waals surface area contributed by atoms with Crippen molar-refractivity contribution < 1.29 is 10.2 Å². The fraction of sp³-hybridized carbons (Fsp3) is 0.333. The number of fused-ring (bicyclic) bond motifs is 1. The van der Waals surface area contributed by atoms with Gasteiger partial charge in [0, 0.05) is 31.9 Å². The predicted octanol–water partition coefficient (Wildman–Crippen LogP) is 1.97. The van der Waals surface area contributed by atoms with Crippen molar-refractivity contribution in [2.75, 3.05) is 18.5 Å². The summed E-state index contributed by atoms with van der Waals surface area (Å²) in [6, 6.07) is 16.8. The molecular formula is C18H22N2O2. The Morgan fingerprint density at radius 2 is 1.82 bits per heavy atom. The number of nitrogens with one attached hydrogen (secondary N) is 1. The minimum absolute atomic E-state index is 0.219. The minimum Gasteiger partial charge on any atom is -0.394 e. The predicted molar refractivity (Wildman–Crippen MR) is 87.4 cm³/mol. The highest BCUT2D eigenvalue weighted by atomic mass is 16.3. The molecule has 0 spiro atoms. The smallest absolute Gasteiger partial charge is 0.0942 e. The lowest BCUT2D eigenvalue weighted by atomic mass is 10.1. The summed E-state index contributed by atoms with van der Waals surface area (Å²) >= 11 is 0. The van der Waals surface area contributed by atoms with Gasteiger partial charge in [0.05, 0.1) is 12.7 Å². The van der Waals surface area contributed by atoms with Gasteiger partial charge in [0.2, 0.25) is 0 Å². The van der Waals surface area contributed by atoms with E-state index in [1.165, 1.54) is 16.7 Å². The van der Waals surface area contributed by atoms with Crippen molar-refractivity contribution in [1.29, 1.82) is 0 Å². The molecule has 4 heteroatoms. The number of anilines is 1. The third-order valence-electron chi connectivity index (χ3n) is 4.00. The van der Waals surface area contributed by atoms with Crippen LogP contribution in [-0.2, 0) is 19.6 Å². The van der Waals surface area contributed by atoms with E-state index in [1.807, 2.05) is 12.1 Å². The van der Waals surface area contributed by atoms with E-state index in [9.17, 15) is 5.11 Å². The molecule has 1 heterocycles. The van der Waals surface area contributed by atoms with Crippen molar-refractivity contribution in [3.63, 3.8) is 0 Å². The minimum atomic E-state index is -0.720. The first kappa shape index (κ1) is 15.0. The second kappa shape index (κ2) is 6.92. The van der Waals surface area contributed by atoms with Crippen molar-refractivity contribution in [1.82, 2.24) is 4.90 Å². The molecule has 4 nitrogen and oxygen atoms in total. The Kier molecular flexibility index (Phi) is 4.73. The van der Waals surface area contributed by atoms with E-state index in [0.717, 1.165) is 25.3 Å². The molecule has 116 valence electrons. The van der Waals surface area contributed by atoms with Crippen LogP contribution < -0.4 is 5.32 Å². The molecule has 0 aromatic heterocycles. The van der Waals surface area contributed by atoms with Crippen LogP contribution in [-0.4, -0.2) is 34.4 Å². The van der Waals surface area contributed by atoms with Crippen LogP contribution in [0.25, 0.3) is 0 Å². The van der Waals surface area contributed by atoms with Crippen LogP contribution in [0.2, 0.25) is 0 Å². The van der Waals surface area contributed by atoms with Crippen LogP contribution in [0.4, 0.5) is 5.69 Å². The summed E-state index contributed by atoms with van der Waals surface area (Å²) in [6.07, 6.45) is -0.720. The second-order valence-electron chi connectivity index (χ2n) is 5.83. The van der Waals surface area contributed by atoms with Gasteiger partial charge in [-0.15, -0.1) is 0 Å². The molecule has 2 aromatic rings. The Labute approximate surface area is 131 Å². The van der Waals surface area contributed by atoms with Gasteiger partial charge >= 0.3 is 0 Å². The number of benzene rings is 2. The van der Waals surface area contributed by atoms with Gasteiger partial charge in [-0.2, -0.15) is 0 Å². The fourth-order valence-corrected chi connectivity index (χ4v) is 2.83. The third kappa shape index (κ3) is 3.65. The lowest BCUT2D eigenvalue weighted by Gasteiger charge is -2.14. The molecule has 1 atom stereocenters. The van der Waals surface area contributed by atoms with E-state index in [-0.39, 0.29) is 6.61 Å². The van der Waals surface area contributed by atoms with Crippen molar-refractivity contribution >= 4 is 5.69 Å². The zero-order valence-electron chi connectivity index (χ0n) is 12.6. The largest absolute Gasteiger partial charge is 0.394 e. The van der Waals surface area contributed by atoms with Crippen molar-refractivity contribution in [2.45, 2.75) is 25.7 Å². The number of hydrogen-bond donors (Lipinski definition) is 3. The molecule has 0 amide bonds. The zero-order chi connectivity index (χ0) is 15.4. The van der Waals surface area contributed by atoms with Crippen LogP contribution in [0.3, 0.4) is 0 Å². The molecule has 2 aromatic carbocycles. The van der Waals surface area contributed by atoms with Crippen LogP contribution in [0.1, 0.15) is 16.7 Å². The van der Waals surface area contributed by atoms with Crippen LogP contribution in [0.15, 0.2) is 48.5 Å². The van der Waals surface area contributed by atoms with Crippen LogP contribution in [0.5, 0.6) is 0 Å². The second-order valence-corrected chi connectivity index (χ2v) is 5.83. The highest BCUT2D eigenvalue weighted by Crippen LogP contribution is 2.27. The molecule has 0 radical (unpaired) electrons. The van der Waals surface area contributed by atoms with Gasteiger partial charge in [0.1, 0.15) is 0 Å². The van der Waals surface area contributed by atoms with E-state index >= 15 is 0 Å². The van der Waals surface area contributed by atoms with Crippen molar-refractivity contribution in [2.24, 2.45) is 0 Å². The zero-order valence-corrected chi connectivity index (χ0v) is 12.6. The molecule has 22 heavy (non-hydrogen) atoms. The molecule has 0 saturated carbocycles. The van der Waals surface area contributed by atoms with Gasteiger partial charge in [0.25, 0.3) is 0 Å². The van der Waals surface area contributed by atoms with Crippen LogP contribution >= 0.6 is 0 Å². The van der Waals surface area contributed by atoms with E-state index in [4.69, 9.17) is 5.11 Å². The molecule has 1 aliphatic rings. The van der Waals surface area contributed by atoms with Gasteiger partial charge in [0.15, 0.2) is 0 Å². The summed E-state index contributed by atoms with van der Waals surface area (Å²) in [4.78, 5) is 2.42. The quantitative estimate of drug-likeness (QED) is 0.763. The SMILES string of the molecule is OCC(O)CNc1ccc2c(c1)CN(Cc1ccccc1)C2. The van der Waals surface area contributed by atoms with E-state index in [2.05, 4.69) is 46.6 Å². The Hall–Kier alpha value is -1.88. The Morgan fingerprint density at radius 3 is 2.59 bits per heavy atom. The van der Waals surface area contributed by atoms with Gasteiger partial charge in [-0.25, -0.2) is 0 Å². The number of nitrogens with zero attached hydrogens (tertiary/aromatic N) is 1. The normalized spacial score (nSPS) is 15.5. The molecule has 0 saturated heterocycles. The van der Waals surface area contributed by atoms with Crippen molar-refractivity contribution in [3.8, 4) is 0 Å². The Balaban J connectivity index is 1.61. The van der Waals surface area contributed by atoms with Gasteiger partial charge < -0.3 is 15.5 Å². The van der Waals surface area contributed by atoms with Gasteiger partial charge in [-0.1, -0.05) is 36.4 Å². The topological polar surface area (TPSA) is 55.7 Å². The van der Waals surface area contributed by atoms with Gasteiger partial charge in [-0.3, -0.25) is 4.90 Å². The highest BCUT2D eigenvalue weighted by Gasteiger charge is 2.19. The third-order valence-corrected chi connectivity index (χ3v) is 4.00. The maximum atomic E-state index is 9.40. The number of hydrogen-bond acceptors (Lipinski definition) is 4. The Bertz CT molecular complexity index is 616. The highest BCUT2D eigenvalue weighted by molar-refractivity contribution is 5.50. The maximum Gasteiger partial charge on any atom is 0.0942 e. The first-order valence-electron chi connectivity index (χ1n) is 7.65. The molecule has 0 bridgehead atoms. The molecule has 1 unspecified atom stereocenters. The lowest BCUT2D eigenvalue weighted by Crippen LogP contribution is -2.22. The average Bonchev–Trinajstić information content (AvgIpc) is 2.94. The first-order valence-corrected chi connectivity index (χ1v) is 7.65.